The molecule has 2 aromatic rings. The second kappa shape index (κ2) is 2.96. The molecule has 0 unspecified atom stereocenters. The minimum atomic E-state index is -0.195. The van der Waals surface area contributed by atoms with E-state index >= 15 is 0 Å². The van der Waals surface area contributed by atoms with Crippen LogP contribution in [0, 0.1) is 12.7 Å². The van der Waals surface area contributed by atoms with Crippen LogP contribution >= 0.6 is 11.3 Å². The molecule has 0 spiro atoms. The number of fused-ring (bicyclic) bond motifs is 1. The first kappa shape index (κ1) is 8.44. The van der Waals surface area contributed by atoms with Crippen LogP contribution in [-0.2, 0) is 0 Å². The summed E-state index contributed by atoms with van der Waals surface area (Å²) >= 11 is 1.34. The van der Waals surface area contributed by atoms with Crippen molar-refractivity contribution in [3.05, 3.63) is 23.5 Å². The minimum Gasteiger partial charge on any atom is -0.365 e. The third-order valence-electron chi connectivity index (χ3n) is 1.91. The van der Waals surface area contributed by atoms with Crippen molar-refractivity contribution in [2.75, 3.05) is 12.4 Å². The first-order valence-corrected chi connectivity index (χ1v) is 4.77. The van der Waals surface area contributed by atoms with E-state index in [0.717, 1.165) is 16.2 Å². The summed E-state index contributed by atoms with van der Waals surface area (Å²) in [6, 6.07) is 3.23. The van der Waals surface area contributed by atoms with Crippen LogP contribution in [0.5, 0.6) is 0 Å². The van der Waals surface area contributed by atoms with Gasteiger partial charge < -0.3 is 5.32 Å². The Kier molecular flexibility index (Phi) is 1.92. The Morgan fingerprint density at radius 3 is 2.85 bits per heavy atom. The molecule has 2 rings (SSSR count). The standard InChI is InChI=1S/C9H9FN2S/c1-5-3-4-6(10)8-7(5)12-9(11-2)13-8/h3-4H,1-2H3,(H,11,12). The van der Waals surface area contributed by atoms with Gasteiger partial charge in [-0.1, -0.05) is 17.4 Å². The largest absolute Gasteiger partial charge is 0.365 e. The van der Waals surface area contributed by atoms with Gasteiger partial charge in [-0.2, -0.15) is 0 Å². The minimum absolute atomic E-state index is 0.195. The van der Waals surface area contributed by atoms with Crippen LogP contribution in [0.3, 0.4) is 0 Å². The van der Waals surface area contributed by atoms with E-state index in [1.807, 2.05) is 6.92 Å². The fourth-order valence-corrected chi connectivity index (χ4v) is 2.11. The summed E-state index contributed by atoms with van der Waals surface area (Å²) in [7, 11) is 1.78. The zero-order valence-electron chi connectivity index (χ0n) is 7.39. The van der Waals surface area contributed by atoms with Gasteiger partial charge in [0.15, 0.2) is 5.13 Å². The van der Waals surface area contributed by atoms with Crippen molar-refractivity contribution in [1.29, 1.82) is 0 Å². The van der Waals surface area contributed by atoms with E-state index in [1.54, 1.807) is 13.1 Å². The molecule has 0 aliphatic heterocycles. The first-order valence-electron chi connectivity index (χ1n) is 3.96. The summed E-state index contributed by atoms with van der Waals surface area (Å²) in [5.74, 6) is -0.195. The maximum Gasteiger partial charge on any atom is 0.183 e. The number of halogens is 1. The summed E-state index contributed by atoms with van der Waals surface area (Å²) in [4.78, 5) is 4.26. The molecule has 4 heteroatoms. The highest BCUT2D eigenvalue weighted by Gasteiger charge is 2.08. The Bertz CT molecular complexity index is 411. The topological polar surface area (TPSA) is 24.9 Å². The van der Waals surface area contributed by atoms with E-state index in [-0.39, 0.29) is 5.82 Å². The molecule has 1 aromatic carbocycles. The zero-order valence-corrected chi connectivity index (χ0v) is 8.20. The molecule has 0 aliphatic rings. The maximum atomic E-state index is 13.3. The van der Waals surface area contributed by atoms with Crippen LogP contribution in [0.25, 0.3) is 10.2 Å². The summed E-state index contributed by atoms with van der Waals surface area (Å²) < 4.78 is 13.9. The normalized spacial score (nSPS) is 10.7. The maximum absolute atomic E-state index is 13.3. The Balaban J connectivity index is 2.80. The Labute approximate surface area is 79.4 Å². The molecule has 1 N–H and O–H groups in total. The molecule has 68 valence electrons. The van der Waals surface area contributed by atoms with Crippen molar-refractivity contribution in [3.63, 3.8) is 0 Å². The van der Waals surface area contributed by atoms with Crippen LogP contribution in [0.1, 0.15) is 5.56 Å². The highest BCUT2D eigenvalue weighted by atomic mass is 32.1. The number of hydrogen-bond donors (Lipinski definition) is 1. The third kappa shape index (κ3) is 1.27. The van der Waals surface area contributed by atoms with Crippen molar-refractivity contribution in [1.82, 2.24) is 4.98 Å². The molecule has 0 amide bonds. The second-order valence-electron chi connectivity index (χ2n) is 2.81. The van der Waals surface area contributed by atoms with Crippen LogP contribution in [0.4, 0.5) is 9.52 Å². The molecule has 1 heterocycles. The number of benzene rings is 1. The molecule has 13 heavy (non-hydrogen) atoms. The van der Waals surface area contributed by atoms with E-state index in [0.29, 0.717) is 4.70 Å². The van der Waals surface area contributed by atoms with Gasteiger partial charge >= 0.3 is 0 Å². The highest BCUT2D eigenvalue weighted by Crippen LogP contribution is 2.29. The van der Waals surface area contributed by atoms with Crippen molar-refractivity contribution >= 4 is 26.7 Å². The molecule has 2 nitrogen and oxygen atoms in total. The number of aryl methyl sites for hydroxylation is 1. The van der Waals surface area contributed by atoms with Gasteiger partial charge in [0.1, 0.15) is 5.82 Å². The summed E-state index contributed by atoms with van der Waals surface area (Å²) in [5, 5.41) is 3.66. The molecular formula is C9H9FN2S. The van der Waals surface area contributed by atoms with Gasteiger partial charge in [0.2, 0.25) is 0 Å². The third-order valence-corrected chi connectivity index (χ3v) is 2.99. The summed E-state index contributed by atoms with van der Waals surface area (Å²) in [6.07, 6.45) is 0. The molecule has 0 bridgehead atoms. The second-order valence-corrected chi connectivity index (χ2v) is 3.81. The molecule has 0 saturated heterocycles. The summed E-state index contributed by atoms with van der Waals surface area (Å²) in [5.41, 5.74) is 1.77. The summed E-state index contributed by atoms with van der Waals surface area (Å²) in [6.45, 7) is 1.93. The lowest BCUT2D eigenvalue weighted by Crippen LogP contribution is -1.85. The van der Waals surface area contributed by atoms with E-state index in [9.17, 15) is 4.39 Å². The average molecular weight is 196 g/mol. The van der Waals surface area contributed by atoms with Crippen LogP contribution in [0.2, 0.25) is 0 Å². The predicted molar refractivity (Wildman–Crippen MR) is 53.9 cm³/mol. The molecule has 0 saturated carbocycles. The van der Waals surface area contributed by atoms with Gasteiger partial charge in [-0.15, -0.1) is 0 Å². The van der Waals surface area contributed by atoms with Crippen molar-refractivity contribution < 1.29 is 4.39 Å². The molecule has 0 atom stereocenters. The smallest absolute Gasteiger partial charge is 0.183 e. The SMILES string of the molecule is CNc1nc2c(C)ccc(F)c2s1. The molecule has 0 radical (unpaired) electrons. The average Bonchev–Trinajstić information content (AvgIpc) is 2.56. The monoisotopic (exact) mass is 196 g/mol. The van der Waals surface area contributed by atoms with Gasteiger partial charge in [0.05, 0.1) is 10.2 Å². The van der Waals surface area contributed by atoms with Crippen LogP contribution in [0.15, 0.2) is 12.1 Å². The van der Waals surface area contributed by atoms with Gasteiger partial charge in [0.25, 0.3) is 0 Å². The number of aromatic nitrogens is 1. The highest BCUT2D eigenvalue weighted by molar-refractivity contribution is 7.22. The lowest BCUT2D eigenvalue weighted by molar-refractivity contribution is 0.641. The van der Waals surface area contributed by atoms with Gasteiger partial charge in [-0.05, 0) is 18.6 Å². The zero-order chi connectivity index (χ0) is 9.42. The van der Waals surface area contributed by atoms with Crippen molar-refractivity contribution in [3.8, 4) is 0 Å². The predicted octanol–water partition coefficient (Wildman–Crippen LogP) is 2.79. The van der Waals surface area contributed by atoms with Gasteiger partial charge in [-0.25, -0.2) is 9.37 Å². The van der Waals surface area contributed by atoms with E-state index in [2.05, 4.69) is 10.3 Å². The molecule has 0 aliphatic carbocycles. The number of nitrogens with zero attached hydrogens (tertiary/aromatic N) is 1. The van der Waals surface area contributed by atoms with Gasteiger partial charge in [0, 0.05) is 7.05 Å². The number of anilines is 1. The fraction of sp³-hybridized carbons (Fsp3) is 0.222. The van der Waals surface area contributed by atoms with E-state index in [1.165, 1.54) is 17.4 Å². The molecule has 1 aromatic heterocycles. The van der Waals surface area contributed by atoms with Crippen molar-refractivity contribution in [2.45, 2.75) is 6.92 Å². The number of thiazole rings is 1. The lowest BCUT2D eigenvalue weighted by Gasteiger charge is -1.93. The fourth-order valence-electron chi connectivity index (χ4n) is 1.21. The number of nitrogens with one attached hydrogen (secondary N) is 1. The van der Waals surface area contributed by atoms with Gasteiger partial charge in [-0.3, -0.25) is 0 Å². The quantitative estimate of drug-likeness (QED) is 0.758. The van der Waals surface area contributed by atoms with Crippen LogP contribution in [-0.4, -0.2) is 12.0 Å². The first-order chi connectivity index (χ1) is 6.22. The Morgan fingerprint density at radius 2 is 2.23 bits per heavy atom. The Hall–Kier alpha value is -1.16. The lowest BCUT2D eigenvalue weighted by atomic mass is 10.2. The van der Waals surface area contributed by atoms with E-state index < -0.39 is 0 Å². The van der Waals surface area contributed by atoms with Crippen molar-refractivity contribution in [2.24, 2.45) is 0 Å². The molecule has 0 fully saturated rings. The van der Waals surface area contributed by atoms with Crippen LogP contribution < -0.4 is 5.32 Å². The van der Waals surface area contributed by atoms with E-state index in [4.69, 9.17) is 0 Å². The Morgan fingerprint density at radius 1 is 1.46 bits per heavy atom. The number of rotatable bonds is 1. The number of hydrogen-bond acceptors (Lipinski definition) is 3. The molecular weight excluding hydrogens is 187 g/mol.